The number of benzene rings is 1. The first kappa shape index (κ1) is 17.9. The first-order valence-electron chi connectivity index (χ1n) is 8.02. The van der Waals surface area contributed by atoms with Crippen LogP contribution in [0.4, 0.5) is 5.69 Å². The predicted octanol–water partition coefficient (Wildman–Crippen LogP) is 3.33. The van der Waals surface area contributed by atoms with E-state index in [0.717, 1.165) is 16.4 Å². The Kier molecular flexibility index (Phi) is 5.80. The van der Waals surface area contributed by atoms with E-state index in [9.17, 15) is 4.79 Å². The van der Waals surface area contributed by atoms with Crippen LogP contribution in [0.25, 0.3) is 0 Å². The number of thiazole rings is 1. The van der Waals surface area contributed by atoms with Gasteiger partial charge in [-0.2, -0.15) is 0 Å². The molecule has 0 atom stereocenters. The van der Waals surface area contributed by atoms with Gasteiger partial charge in [0.05, 0.1) is 31.3 Å². The lowest BCUT2D eigenvalue weighted by Gasteiger charge is -2.09. The molecular formula is C19H19N3O3S. The number of carbonyl (C=O) groups is 1. The normalized spacial score (nSPS) is 10.4. The summed E-state index contributed by atoms with van der Waals surface area (Å²) in [6, 6.07) is 11.0. The van der Waals surface area contributed by atoms with Gasteiger partial charge in [-0.3, -0.25) is 9.78 Å². The molecule has 0 saturated carbocycles. The summed E-state index contributed by atoms with van der Waals surface area (Å²) in [7, 11) is 3.14. The van der Waals surface area contributed by atoms with E-state index in [0.29, 0.717) is 23.6 Å². The van der Waals surface area contributed by atoms with Crippen molar-refractivity contribution in [3.05, 3.63) is 64.4 Å². The van der Waals surface area contributed by atoms with Gasteiger partial charge in [-0.1, -0.05) is 6.07 Å². The average molecular weight is 369 g/mol. The van der Waals surface area contributed by atoms with E-state index in [4.69, 9.17) is 9.47 Å². The number of pyridine rings is 1. The number of rotatable bonds is 7. The first-order valence-corrected chi connectivity index (χ1v) is 8.90. The first-order chi connectivity index (χ1) is 12.7. The lowest BCUT2D eigenvalue weighted by atomic mass is 10.2. The number of aromatic nitrogens is 2. The molecule has 1 amide bonds. The second-order valence-electron chi connectivity index (χ2n) is 5.56. The highest BCUT2D eigenvalue weighted by Gasteiger charge is 2.10. The van der Waals surface area contributed by atoms with Crippen LogP contribution >= 0.6 is 11.3 Å². The maximum Gasteiger partial charge on any atom is 0.230 e. The van der Waals surface area contributed by atoms with E-state index in [-0.39, 0.29) is 12.3 Å². The van der Waals surface area contributed by atoms with Gasteiger partial charge in [-0.25, -0.2) is 4.98 Å². The van der Waals surface area contributed by atoms with Crippen LogP contribution < -0.4 is 14.8 Å². The van der Waals surface area contributed by atoms with Crippen LogP contribution in [-0.4, -0.2) is 30.1 Å². The number of carbonyl (C=O) groups excluding carboxylic acids is 1. The Morgan fingerprint density at radius 2 is 1.88 bits per heavy atom. The number of hydrogen-bond acceptors (Lipinski definition) is 6. The van der Waals surface area contributed by atoms with Gasteiger partial charge in [0.15, 0.2) is 0 Å². The van der Waals surface area contributed by atoms with E-state index < -0.39 is 0 Å². The minimum absolute atomic E-state index is 0.144. The quantitative estimate of drug-likeness (QED) is 0.692. The number of methoxy groups -OCH3 is 2. The van der Waals surface area contributed by atoms with E-state index in [1.54, 1.807) is 38.6 Å². The fourth-order valence-corrected chi connectivity index (χ4v) is 3.23. The van der Waals surface area contributed by atoms with Crippen molar-refractivity contribution < 1.29 is 14.3 Å². The van der Waals surface area contributed by atoms with Crippen LogP contribution in [-0.2, 0) is 17.6 Å². The highest BCUT2D eigenvalue weighted by Crippen LogP contribution is 2.26. The summed E-state index contributed by atoms with van der Waals surface area (Å²) in [4.78, 5) is 21.1. The highest BCUT2D eigenvalue weighted by molar-refractivity contribution is 7.09. The zero-order valence-electron chi connectivity index (χ0n) is 14.6. The van der Waals surface area contributed by atoms with Gasteiger partial charge in [0.1, 0.15) is 11.5 Å². The van der Waals surface area contributed by atoms with Gasteiger partial charge in [-0.05, 0) is 12.1 Å². The highest BCUT2D eigenvalue weighted by atomic mass is 32.1. The molecule has 6 nitrogen and oxygen atoms in total. The third-order valence-electron chi connectivity index (χ3n) is 3.63. The van der Waals surface area contributed by atoms with Crippen LogP contribution in [0.15, 0.2) is 48.0 Å². The van der Waals surface area contributed by atoms with Gasteiger partial charge in [0.25, 0.3) is 0 Å². The number of amides is 1. The van der Waals surface area contributed by atoms with E-state index >= 15 is 0 Å². The monoisotopic (exact) mass is 369 g/mol. The molecule has 0 aliphatic rings. The molecule has 0 unspecified atom stereocenters. The summed E-state index contributed by atoms with van der Waals surface area (Å²) in [6.45, 7) is 0. The molecule has 3 rings (SSSR count). The molecule has 2 aromatic heterocycles. The third kappa shape index (κ3) is 4.80. The van der Waals surface area contributed by atoms with Gasteiger partial charge >= 0.3 is 0 Å². The topological polar surface area (TPSA) is 73.3 Å². The number of anilines is 1. The Labute approximate surface area is 155 Å². The minimum atomic E-state index is -0.144. The summed E-state index contributed by atoms with van der Waals surface area (Å²) >= 11 is 1.53. The summed E-state index contributed by atoms with van der Waals surface area (Å²) in [6.07, 6.45) is 2.64. The van der Waals surface area contributed by atoms with Crippen molar-refractivity contribution in [2.24, 2.45) is 0 Å². The molecule has 0 aliphatic carbocycles. The molecule has 0 spiro atoms. The Hall–Kier alpha value is -2.93. The molecule has 1 aromatic carbocycles. The van der Waals surface area contributed by atoms with Gasteiger partial charge in [0.2, 0.25) is 5.91 Å². The van der Waals surface area contributed by atoms with Crippen molar-refractivity contribution in [3.63, 3.8) is 0 Å². The number of ether oxygens (including phenoxy) is 2. The fraction of sp³-hybridized carbons (Fsp3) is 0.211. The zero-order valence-corrected chi connectivity index (χ0v) is 15.4. The molecular weight excluding hydrogens is 350 g/mol. The Bertz CT molecular complexity index is 858. The summed E-state index contributed by atoms with van der Waals surface area (Å²) in [5.41, 5.74) is 2.32. The lowest BCUT2D eigenvalue weighted by Crippen LogP contribution is -2.14. The zero-order chi connectivity index (χ0) is 18.4. The number of nitrogens with zero attached hydrogens (tertiary/aromatic N) is 2. The Balaban J connectivity index is 1.62. The minimum Gasteiger partial charge on any atom is -0.497 e. The maximum atomic E-state index is 12.3. The third-order valence-corrected chi connectivity index (χ3v) is 4.53. The van der Waals surface area contributed by atoms with Gasteiger partial charge in [-0.15, -0.1) is 11.3 Å². The lowest BCUT2D eigenvalue weighted by molar-refractivity contribution is -0.115. The van der Waals surface area contributed by atoms with Crippen LogP contribution in [0, 0.1) is 0 Å². The maximum absolute atomic E-state index is 12.3. The molecule has 2 heterocycles. The molecule has 7 heteroatoms. The molecule has 0 fully saturated rings. The summed E-state index contributed by atoms with van der Waals surface area (Å²) in [5.74, 6) is 1.09. The standard InChI is InChI=1S/C19H19N3O3S/c1-24-16-7-14(8-17(11-16)25-2)21-18(23)9-15-12-26-19(22-15)10-13-5-3-4-6-20-13/h3-8,11-12H,9-10H2,1-2H3,(H,21,23). The van der Waals surface area contributed by atoms with E-state index in [1.165, 1.54) is 11.3 Å². The summed E-state index contributed by atoms with van der Waals surface area (Å²) < 4.78 is 10.4. The number of hydrogen-bond donors (Lipinski definition) is 1. The SMILES string of the molecule is COc1cc(NC(=O)Cc2csc(Cc3ccccn3)n2)cc(OC)c1. The summed E-state index contributed by atoms with van der Waals surface area (Å²) in [5, 5.41) is 5.70. The van der Waals surface area contributed by atoms with Crippen molar-refractivity contribution in [2.45, 2.75) is 12.8 Å². The second kappa shape index (κ2) is 8.44. The van der Waals surface area contributed by atoms with Crippen molar-refractivity contribution in [1.82, 2.24) is 9.97 Å². The van der Waals surface area contributed by atoms with Crippen molar-refractivity contribution in [1.29, 1.82) is 0 Å². The molecule has 0 radical (unpaired) electrons. The fourth-order valence-electron chi connectivity index (χ4n) is 2.42. The van der Waals surface area contributed by atoms with Crippen LogP contribution in [0.5, 0.6) is 11.5 Å². The van der Waals surface area contributed by atoms with Crippen molar-refractivity contribution >= 4 is 22.9 Å². The molecule has 26 heavy (non-hydrogen) atoms. The van der Waals surface area contributed by atoms with Crippen molar-refractivity contribution in [2.75, 3.05) is 19.5 Å². The average Bonchev–Trinajstić information content (AvgIpc) is 3.08. The largest absolute Gasteiger partial charge is 0.497 e. The van der Waals surface area contributed by atoms with Crippen LogP contribution in [0.2, 0.25) is 0 Å². The van der Waals surface area contributed by atoms with Gasteiger partial charge in [0, 0.05) is 47.6 Å². The van der Waals surface area contributed by atoms with Crippen LogP contribution in [0.3, 0.4) is 0 Å². The second-order valence-corrected chi connectivity index (χ2v) is 6.50. The van der Waals surface area contributed by atoms with Crippen molar-refractivity contribution in [3.8, 4) is 11.5 Å². The molecule has 3 aromatic rings. The Morgan fingerprint density at radius 1 is 1.12 bits per heavy atom. The molecule has 0 saturated heterocycles. The predicted molar refractivity (Wildman–Crippen MR) is 101 cm³/mol. The van der Waals surface area contributed by atoms with Crippen LogP contribution in [0.1, 0.15) is 16.4 Å². The molecule has 134 valence electrons. The Morgan fingerprint density at radius 3 is 2.54 bits per heavy atom. The van der Waals surface area contributed by atoms with E-state index in [2.05, 4.69) is 15.3 Å². The smallest absolute Gasteiger partial charge is 0.230 e. The molecule has 1 N–H and O–H groups in total. The number of nitrogens with one attached hydrogen (secondary N) is 1. The van der Waals surface area contributed by atoms with Gasteiger partial charge < -0.3 is 14.8 Å². The molecule has 0 aliphatic heterocycles. The van der Waals surface area contributed by atoms with E-state index in [1.807, 2.05) is 23.6 Å². The molecule has 0 bridgehead atoms.